The number of ether oxygens (including phenoxy) is 2. The molecule has 0 aliphatic rings. The number of pyridine rings is 2. The van der Waals surface area contributed by atoms with Crippen molar-refractivity contribution in [2.24, 2.45) is 0 Å². The molecule has 0 radical (unpaired) electrons. The van der Waals surface area contributed by atoms with E-state index in [9.17, 15) is 26.4 Å². The minimum absolute atomic E-state index is 0.0189. The van der Waals surface area contributed by atoms with Gasteiger partial charge < -0.3 is 20.1 Å². The largest absolute Gasteiger partial charge is 0.494 e. The van der Waals surface area contributed by atoms with Gasteiger partial charge in [0.1, 0.15) is 12.5 Å². The van der Waals surface area contributed by atoms with Gasteiger partial charge in [-0.25, -0.2) is 22.5 Å². The normalized spacial score (nSPS) is 12.3. The van der Waals surface area contributed by atoms with E-state index in [-0.39, 0.29) is 58.3 Å². The Bertz CT molecular complexity index is 1950. The van der Waals surface area contributed by atoms with Crippen LogP contribution in [0.25, 0.3) is 22.2 Å². The van der Waals surface area contributed by atoms with Gasteiger partial charge in [0.25, 0.3) is 5.91 Å². The number of methoxy groups -OCH3 is 1. The fourth-order valence-corrected chi connectivity index (χ4v) is 6.23. The number of hydrogen-bond acceptors (Lipinski definition) is 9. The first-order chi connectivity index (χ1) is 22.8. The lowest BCUT2D eigenvalue weighted by Gasteiger charge is -2.20. The number of hydrogen-bond donors (Lipinski definition) is 2. The predicted octanol–water partition coefficient (Wildman–Crippen LogP) is 5.43. The number of rotatable bonds is 14. The first-order valence-electron chi connectivity index (χ1n) is 15.1. The molecule has 12 nitrogen and oxygen atoms in total. The van der Waals surface area contributed by atoms with Gasteiger partial charge in [-0.1, -0.05) is 19.6 Å². The first kappa shape index (κ1) is 37.5. The topological polar surface area (TPSA) is 141 Å². The standard InChI is InChI=1S/C31H39F4N7O5SSi/c1-36-30(43)28-27-25(42(40-28)18-47-10-11-49(5,6)7)14-23(21-13-22(32)26(46-3)12-19(21)15-31(33,34)35)39-29(27)38-17-20-16-37-9-8-24(20)41(2)48(4,44)45/h8-9,12-14,16H,10-11,15,17-18H2,1-7H3,(H,36,43)(H,38,39). The number of fused-ring (bicyclic) bond motifs is 1. The van der Waals surface area contributed by atoms with Crippen LogP contribution in [0.4, 0.5) is 29.1 Å². The Labute approximate surface area is 282 Å². The molecular weight excluding hydrogens is 687 g/mol. The Morgan fingerprint density at radius 2 is 1.86 bits per heavy atom. The van der Waals surface area contributed by atoms with Gasteiger partial charge in [0.15, 0.2) is 17.3 Å². The minimum Gasteiger partial charge on any atom is -0.494 e. The highest BCUT2D eigenvalue weighted by Crippen LogP contribution is 2.37. The van der Waals surface area contributed by atoms with Crippen molar-refractivity contribution in [3.8, 4) is 17.0 Å². The van der Waals surface area contributed by atoms with Crippen LogP contribution in [0.2, 0.25) is 25.7 Å². The predicted molar refractivity (Wildman–Crippen MR) is 182 cm³/mol. The Morgan fingerprint density at radius 3 is 2.47 bits per heavy atom. The summed E-state index contributed by atoms with van der Waals surface area (Å²) in [5.41, 5.74) is 0.442. The van der Waals surface area contributed by atoms with E-state index in [4.69, 9.17) is 9.47 Å². The van der Waals surface area contributed by atoms with Gasteiger partial charge in [0.05, 0.1) is 42.1 Å². The van der Waals surface area contributed by atoms with Gasteiger partial charge in [0.2, 0.25) is 10.0 Å². The lowest BCUT2D eigenvalue weighted by molar-refractivity contribution is -0.127. The molecule has 3 aromatic heterocycles. The van der Waals surface area contributed by atoms with Gasteiger partial charge in [-0.2, -0.15) is 18.3 Å². The molecule has 2 N–H and O–H groups in total. The number of sulfonamides is 1. The van der Waals surface area contributed by atoms with Gasteiger partial charge in [0, 0.05) is 58.8 Å². The lowest BCUT2D eigenvalue weighted by Crippen LogP contribution is -2.26. The molecule has 3 heterocycles. The highest BCUT2D eigenvalue weighted by molar-refractivity contribution is 7.92. The third-order valence-corrected chi connectivity index (χ3v) is 10.5. The van der Waals surface area contributed by atoms with Crippen molar-refractivity contribution in [2.45, 2.75) is 51.6 Å². The number of benzene rings is 1. The van der Waals surface area contributed by atoms with Crippen LogP contribution in [0.3, 0.4) is 0 Å². The number of amides is 1. The summed E-state index contributed by atoms with van der Waals surface area (Å²) in [5, 5.41) is 10.3. The number of aromatic nitrogens is 4. The molecule has 1 amide bonds. The molecule has 0 bridgehead atoms. The zero-order valence-electron chi connectivity index (χ0n) is 28.2. The minimum atomic E-state index is -4.65. The maximum absolute atomic E-state index is 15.1. The molecule has 0 atom stereocenters. The molecule has 0 aliphatic carbocycles. The van der Waals surface area contributed by atoms with Gasteiger partial charge in [-0.15, -0.1) is 0 Å². The van der Waals surface area contributed by atoms with Crippen molar-refractivity contribution < 1.29 is 40.2 Å². The molecule has 0 aliphatic heterocycles. The summed E-state index contributed by atoms with van der Waals surface area (Å²) in [5.74, 6) is -1.83. The summed E-state index contributed by atoms with van der Waals surface area (Å²) < 4.78 is 94.4. The van der Waals surface area contributed by atoms with E-state index in [2.05, 4.69) is 45.3 Å². The smallest absolute Gasteiger partial charge is 0.393 e. The number of nitrogens with one attached hydrogen (secondary N) is 2. The third-order valence-electron chi connectivity index (χ3n) is 7.59. The van der Waals surface area contributed by atoms with Crippen molar-refractivity contribution in [1.29, 1.82) is 0 Å². The van der Waals surface area contributed by atoms with Crippen LogP contribution in [0.5, 0.6) is 5.75 Å². The Kier molecular flexibility index (Phi) is 11.2. The van der Waals surface area contributed by atoms with Crippen molar-refractivity contribution >= 4 is 46.4 Å². The second-order valence-electron chi connectivity index (χ2n) is 12.5. The lowest BCUT2D eigenvalue weighted by atomic mass is 9.99. The molecule has 0 fully saturated rings. The van der Waals surface area contributed by atoms with E-state index in [0.717, 1.165) is 35.8 Å². The quantitative estimate of drug-likeness (QED) is 0.0990. The molecule has 49 heavy (non-hydrogen) atoms. The summed E-state index contributed by atoms with van der Waals surface area (Å²) in [7, 11) is -1.18. The number of alkyl halides is 3. The Balaban J connectivity index is 1.95. The summed E-state index contributed by atoms with van der Waals surface area (Å²) in [6, 6.07) is 5.67. The maximum Gasteiger partial charge on any atom is 0.393 e. The van der Waals surface area contributed by atoms with Crippen LogP contribution in [-0.4, -0.2) is 82.4 Å². The molecule has 0 unspecified atom stereocenters. The molecule has 1 aromatic carbocycles. The summed E-state index contributed by atoms with van der Waals surface area (Å²) in [4.78, 5) is 21.8. The first-order valence-corrected chi connectivity index (χ1v) is 20.6. The number of anilines is 2. The Hall–Kier alpha value is -4.29. The molecule has 18 heteroatoms. The van der Waals surface area contributed by atoms with Crippen molar-refractivity contribution in [3.63, 3.8) is 0 Å². The monoisotopic (exact) mass is 725 g/mol. The molecule has 4 aromatic rings. The van der Waals surface area contributed by atoms with Gasteiger partial charge >= 0.3 is 6.18 Å². The van der Waals surface area contributed by atoms with Crippen LogP contribution in [-0.2, 0) is 34.5 Å². The number of carbonyl (C=O) groups is 1. The van der Waals surface area contributed by atoms with Crippen LogP contribution in [0, 0.1) is 5.82 Å². The van der Waals surface area contributed by atoms with E-state index >= 15 is 4.39 Å². The summed E-state index contributed by atoms with van der Waals surface area (Å²) in [6.07, 6.45) is -2.14. The van der Waals surface area contributed by atoms with E-state index in [1.54, 1.807) is 0 Å². The third kappa shape index (κ3) is 9.24. The van der Waals surface area contributed by atoms with E-state index < -0.39 is 42.4 Å². The van der Waals surface area contributed by atoms with E-state index in [1.807, 2.05) is 0 Å². The molecule has 0 saturated carbocycles. The highest BCUT2D eigenvalue weighted by atomic mass is 32.2. The van der Waals surface area contributed by atoms with E-state index in [0.29, 0.717) is 17.9 Å². The fraction of sp³-hybridized carbons (Fsp3) is 0.419. The molecule has 4 rings (SSSR count). The van der Waals surface area contributed by atoms with Crippen molar-refractivity contribution in [3.05, 3.63) is 59.3 Å². The van der Waals surface area contributed by atoms with Crippen molar-refractivity contribution in [1.82, 2.24) is 25.1 Å². The van der Waals surface area contributed by atoms with Crippen molar-refractivity contribution in [2.75, 3.05) is 43.7 Å². The highest BCUT2D eigenvalue weighted by Gasteiger charge is 2.31. The molecule has 0 saturated heterocycles. The number of carbonyl (C=O) groups excluding carboxylic acids is 1. The Morgan fingerprint density at radius 1 is 1.14 bits per heavy atom. The zero-order chi connectivity index (χ0) is 36.3. The average molecular weight is 726 g/mol. The summed E-state index contributed by atoms with van der Waals surface area (Å²) >= 11 is 0. The molecular formula is C31H39F4N7O5SSi. The molecule has 266 valence electrons. The van der Waals surface area contributed by atoms with Crippen LogP contribution >= 0.6 is 0 Å². The second kappa shape index (κ2) is 14.7. The maximum atomic E-state index is 15.1. The average Bonchev–Trinajstić information content (AvgIpc) is 3.39. The fourth-order valence-electron chi connectivity index (χ4n) is 4.94. The van der Waals surface area contributed by atoms with E-state index in [1.165, 1.54) is 43.3 Å². The van der Waals surface area contributed by atoms with Crippen LogP contribution < -0.4 is 19.7 Å². The summed E-state index contributed by atoms with van der Waals surface area (Å²) in [6.45, 7) is 6.80. The van der Waals surface area contributed by atoms with Crippen LogP contribution in [0.1, 0.15) is 21.6 Å². The SMILES string of the molecule is CNC(=O)c1nn(COCC[Si](C)(C)C)c2cc(-c3cc(F)c(OC)cc3CC(F)(F)F)nc(NCc3cnccc3N(C)S(C)(=O)=O)c12. The number of nitrogens with zero attached hydrogens (tertiary/aromatic N) is 5. The van der Waals surface area contributed by atoms with Crippen LogP contribution in [0.15, 0.2) is 36.7 Å². The number of halogens is 4. The molecule has 0 spiro atoms. The second-order valence-corrected chi connectivity index (χ2v) is 20.2. The van der Waals surface area contributed by atoms with Gasteiger partial charge in [-0.05, 0) is 35.9 Å². The zero-order valence-corrected chi connectivity index (χ0v) is 30.0. The van der Waals surface area contributed by atoms with Gasteiger partial charge in [-0.3, -0.25) is 14.1 Å².